The Hall–Kier alpha value is -0.340. The number of nitrogens with zero attached hydrogens (tertiary/aromatic N) is 1. The molecule has 1 rings (SSSR count). The summed E-state index contributed by atoms with van der Waals surface area (Å²) in [7, 11) is 2.02. The first-order valence-electron chi connectivity index (χ1n) is 4.65. The smallest absolute Gasteiger partial charge is 0.0843 e. The summed E-state index contributed by atoms with van der Waals surface area (Å²) < 4.78 is 0. The molecule has 1 heterocycles. The minimum absolute atomic E-state index is 0.361. The van der Waals surface area contributed by atoms with Gasteiger partial charge in [-0.1, -0.05) is 19.9 Å². The second-order valence-corrected chi connectivity index (χ2v) is 3.85. The Balaban J connectivity index is 2.44. The largest absolute Gasteiger partial charge is 0.295 e. The van der Waals surface area contributed by atoms with Gasteiger partial charge >= 0.3 is 0 Å². The minimum atomic E-state index is 0.361. The van der Waals surface area contributed by atoms with Crippen LogP contribution in [-0.4, -0.2) is 24.3 Å². The highest BCUT2D eigenvalue weighted by Crippen LogP contribution is 2.26. The van der Waals surface area contributed by atoms with E-state index >= 15 is 0 Å². The van der Waals surface area contributed by atoms with Crippen LogP contribution in [-0.2, 0) is 4.84 Å². The Morgan fingerprint density at radius 2 is 2.33 bits per heavy atom. The Bertz CT molecular complexity index is 156. The van der Waals surface area contributed by atoms with Crippen molar-refractivity contribution in [2.24, 2.45) is 5.92 Å². The summed E-state index contributed by atoms with van der Waals surface area (Å²) in [5, 5.41) is 2.00. The van der Waals surface area contributed by atoms with Crippen LogP contribution < -0.4 is 0 Å². The normalized spacial score (nSPS) is 31.3. The molecule has 12 heavy (non-hydrogen) atoms. The summed E-state index contributed by atoms with van der Waals surface area (Å²) in [6, 6.07) is 0.579. The molecule has 2 heteroatoms. The highest BCUT2D eigenvalue weighted by Gasteiger charge is 2.31. The summed E-state index contributed by atoms with van der Waals surface area (Å²) in [4.78, 5) is 5.64. The lowest BCUT2D eigenvalue weighted by Gasteiger charge is -2.20. The van der Waals surface area contributed by atoms with Gasteiger partial charge in [-0.25, -0.2) is 0 Å². The van der Waals surface area contributed by atoms with Crippen LogP contribution >= 0.6 is 0 Å². The van der Waals surface area contributed by atoms with E-state index in [1.165, 1.54) is 0 Å². The molecule has 0 amide bonds. The molecule has 0 aromatic heterocycles. The van der Waals surface area contributed by atoms with E-state index in [-0.39, 0.29) is 0 Å². The van der Waals surface area contributed by atoms with Crippen molar-refractivity contribution < 1.29 is 4.84 Å². The Kier molecular flexibility index (Phi) is 3.29. The summed E-state index contributed by atoms with van der Waals surface area (Å²) in [6.45, 7) is 8.19. The molecule has 0 aromatic carbocycles. The standard InChI is InChI=1S/C10H19NO/c1-5-6-9-7-10(8(2)3)11(4)12-9/h5,8-10H,1,6-7H2,2-4H3. The van der Waals surface area contributed by atoms with Crippen molar-refractivity contribution in [1.82, 2.24) is 5.06 Å². The van der Waals surface area contributed by atoms with Crippen LogP contribution in [0.5, 0.6) is 0 Å². The van der Waals surface area contributed by atoms with Gasteiger partial charge in [0.15, 0.2) is 0 Å². The van der Waals surface area contributed by atoms with Crippen LogP contribution in [0.15, 0.2) is 12.7 Å². The van der Waals surface area contributed by atoms with E-state index in [0.717, 1.165) is 12.8 Å². The number of hydrogen-bond donors (Lipinski definition) is 0. The average molecular weight is 169 g/mol. The molecule has 0 bridgehead atoms. The quantitative estimate of drug-likeness (QED) is 0.601. The van der Waals surface area contributed by atoms with E-state index in [9.17, 15) is 0 Å². The van der Waals surface area contributed by atoms with Gasteiger partial charge in [-0.15, -0.1) is 6.58 Å². The zero-order valence-electron chi connectivity index (χ0n) is 8.29. The van der Waals surface area contributed by atoms with Gasteiger partial charge in [0.1, 0.15) is 0 Å². The van der Waals surface area contributed by atoms with Gasteiger partial charge in [-0.05, 0) is 18.8 Å². The minimum Gasteiger partial charge on any atom is -0.295 e. The fourth-order valence-electron chi connectivity index (χ4n) is 1.79. The van der Waals surface area contributed by atoms with Crippen molar-refractivity contribution in [2.45, 2.75) is 38.8 Å². The fourth-order valence-corrected chi connectivity index (χ4v) is 1.79. The third-order valence-electron chi connectivity index (χ3n) is 2.49. The number of hydroxylamine groups is 2. The maximum absolute atomic E-state index is 5.64. The van der Waals surface area contributed by atoms with E-state index in [4.69, 9.17) is 4.84 Å². The van der Waals surface area contributed by atoms with Gasteiger partial charge in [0.05, 0.1) is 6.10 Å². The second-order valence-electron chi connectivity index (χ2n) is 3.85. The Morgan fingerprint density at radius 3 is 2.75 bits per heavy atom. The number of hydrogen-bond acceptors (Lipinski definition) is 2. The van der Waals surface area contributed by atoms with E-state index in [1.807, 2.05) is 18.2 Å². The van der Waals surface area contributed by atoms with Crippen LogP contribution in [0.3, 0.4) is 0 Å². The van der Waals surface area contributed by atoms with Crippen molar-refractivity contribution in [3.05, 3.63) is 12.7 Å². The predicted molar refractivity (Wildman–Crippen MR) is 50.7 cm³/mol. The molecule has 0 spiro atoms. The van der Waals surface area contributed by atoms with Crippen LogP contribution in [0.1, 0.15) is 26.7 Å². The molecule has 2 unspecified atom stereocenters. The molecule has 0 radical (unpaired) electrons. The van der Waals surface area contributed by atoms with Crippen LogP contribution in [0, 0.1) is 5.92 Å². The van der Waals surface area contributed by atoms with Crippen LogP contribution in [0.2, 0.25) is 0 Å². The molecule has 0 aromatic rings. The van der Waals surface area contributed by atoms with Gasteiger partial charge in [0, 0.05) is 13.1 Å². The molecule has 1 aliphatic rings. The van der Waals surface area contributed by atoms with Gasteiger partial charge < -0.3 is 0 Å². The van der Waals surface area contributed by atoms with Crippen molar-refractivity contribution >= 4 is 0 Å². The molecule has 1 fully saturated rings. The topological polar surface area (TPSA) is 12.5 Å². The summed E-state index contributed by atoms with van der Waals surface area (Å²) in [5.74, 6) is 0.671. The number of rotatable bonds is 3. The first kappa shape index (κ1) is 9.75. The lowest BCUT2D eigenvalue weighted by molar-refractivity contribution is -0.147. The first-order valence-corrected chi connectivity index (χ1v) is 4.65. The molecule has 0 saturated carbocycles. The van der Waals surface area contributed by atoms with Gasteiger partial charge in [0.2, 0.25) is 0 Å². The van der Waals surface area contributed by atoms with Crippen molar-refractivity contribution in [1.29, 1.82) is 0 Å². The lowest BCUT2D eigenvalue weighted by atomic mass is 9.98. The van der Waals surface area contributed by atoms with E-state index in [1.54, 1.807) is 0 Å². The molecular formula is C10H19NO. The molecular weight excluding hydrogens is 150 g/mol. The maximum atomic E-state index is 5.64. The molecule has 1 aliphatic heterocycles. The van der Waals surface area contributed by atoms with E-state index in [2.05, 4.69) is 20.4 Å². The highest BCUT2D eigenvalue weighted by molar-refractivity contribution is 4.83. The predicted octanol–water partition coefficient (Wildman–Crippen LogP) is 2.22. The third kappa shape index (κ3) is 2.08. The van der Waals surface area contributed by atoms with E-state index < -0.39 is 0 Å². The summed E-state index contributed by atoms with van der Waals surface area (Å²) in [5.41, 5.74) is 0. The average Bonchev–Trinajstić information content (AvgIpc) is 2.32. The SMILES string of the molecule is C=CCC1CC(C(C)C)N(C)O1. The Morgan fingerprint density at radius 1 is 1.67 bits per heavy atom. The first-order chi connectivity index (χ1) is 5.65. The van der Waals surface area contributed by atoms with Gasteiger partial charge in [-0.2, -0.15) is 5.06 Å². The zero-order chi connectivity index (χ0) is 9.14. The molecule has 2 atom stereocenters. The summed E-state index contributed by atoms with van der Waals surface area (Å²) in [6.07, 6.45) is 4.40. The second kappa shape index (κ2) is 4.06. The van der Waals surface area contributed by atoms with Crippen molar-refractivity contribution in [3.63, 3.8) is 0 Å². The molecule has 70 valence electrons. The van der Waals surface area contributed by atoms with E-state index in [0.29, 0.717) is 18.1 Å². The highest BCUT2D eigenvalue weighted by atomic mass is 16.7. The van der Waals surface area contributed by atoms with Gasteiger partial charge in [0.25, 0.3) is 0 Å². The Labute approximate surface area is 75.2 Å². The monoisotopic (exact) mass is 169 g/mol. The van der Waals surface area contributed by atoms with Crippen molar-refractivity contribution in [3.8, 4) is 0 Å². The third-order valence-corrected chi connectivity index (χ3v) is 2.49. The fraction of sp³-hybridized carbons (Fsp3) is 0.800. The van der Waals surface area contributed by atoms with Crippen molar-refractivity contribution in [2.75, 3.05) is 7.05 Å². The molecule has 1 saturated heterocycles. The van der Waals surface area contributed by atoms with Gasteiger partial charge in [-0.3, -0.25) is 4.84 Å². The molecule has 2 nitrogen and oxygen atoms in total. The zero-order valence-corrected chi connectivity index (χ0v) is 8.29. The van der Waals surface area contributed by atoms with Crippen LogP contribution in [0.4, 0.5) is 0 Å². The molecule has 0 aliphatic carbocycles. The summed E-state index contributed by atoms with van der Waals surface area (Å²) >= 11 is 0. The van der Waals surface area contributed by atoms with Crippen LogP contribution in [0.25, 0.3) is 0 Å². The molecule has 0 N–H and O–H groups in total. The lowest BCUT2D eigenvalue weighted by Crippen LogP contribution is -2.28. The maximum Gasteiger partial charge on any atom is 0.0843 e.